The predicted octanol–water partition coefficient (Wildman–Crippen LogP) is 3.72. The molecule has 1 fully saturated rings. The van der Waals surface area contributed by atoms with Gasteiger partial charge in [-0.15, -0.1) is 11.3 Å². The third-order valence-corrected chi connectivity index (χ3v) is 5.88. The summed E-state index contributed by atoms with van der Waals surface area (Å²) in [6, 6.07) is 13.1. The predicted molar refractivity (Wildman–Crippen MR) is 105 cm³/mol. The average molecular weight is 383 g/mol. The molecule has 0 aliphatic carbocycles. The van der Waals surface area contributed by atoms with E-state index in [9.17, 15) is 9.59 Å². The minimum atomic E-state index is -0.577. The van der Waals surface area contributed by atoms with E-state index in [2.05, 4.69) is 6.07 Å². The molecule has 1 aliphatic heterocycles. The minimum Gasteiger partial charge on any atom is -0.422 e. The maximum Gasteiger partial charge on any atom is 0.349 e. The van der Waals surface area contributed by atoms with Gasteiger partial charge in [-0.2, -0.15) is 0 Å². The Kier molecular flexibility index (Phi) is 5.36. The lowest BCUT2D eigenvalue weighted by Crippen LogP contribution is -2.45. The molecule has 4 rings (SSSR count). The number of benzene rings is 1. The van der Waals surface area contributed by atoms with Crippen LogP contribution in [-0.2, 0) is 11.2 Å². The van der Waals surface area contributed by atoms with Crippen molar-refractivity contribution in [2.24, 2.45) is 0 Å². The molecule has 140 valence electrons. The van der Waals surface area contributed by atoms with Crippen LogP contribution in [0.1, 0.15) is 28.1 Å². The van der Waals surface area contributed by atoms with Crippen molar-refractivity contribution in [2.75, 3.05) is 19.8 Å². The third kappa shape index (κ3) is 3.96. The molecule has 27 heavy (non-hydrogen) atoms. The van der Waals surface area contributed by atoms with Crippen LogP contribution in [0.5, 0.6) is 0 Å². The van der Waals surface area contributed by atoms with E-state index in [1.54, 1.807) is 23.5 Å². The highest BCUT2D eigenvalue weighted by atomic mass is 32.1. The Morgan fingerprint density at radius 2 is 1.96 bits per heavy atom. The molecular weight excluding hydrogens is 362 g/mol. The fourth-order valence-electron chi connectivity index (χ4n) is 3.50. The van der Waals surface area contributed by atoms with Gasteiger partial charge in [-0.1, -0.05) is 24.3 Å². The summed E-state index contributed by atoms with van der Waals surface area (Å²) in [5.41, 5.74) is 0.0218. The second-order valence-corrected chi connectivity index (χ2v) is 7.69. The molecule has 6 heteroatoms. The van der Waals surface area contributed by atoms with Gasteiger partial charge in [0, 0.05) is 36.1 Å². The Morgan fingerprint density at radius 3 is 2.74 bits per heavy atom. The number of fused-ring (bicyclic) bond motifs is 1. The summed E-state index contributed by atoms with van der Waals surface area (Å²) in [5, 5.41) is 2.79. The minimum absolute atomic E-state index is 0.0806. The van der Waals surface area contributed by atoms with Gasteiger partial charge in [-0.25, -0.2) is 4.79 Å². The number of nitrogens with zero attached hydrogens (tertiary/aromatic N) is 1. The lowest BCUT2D eigenvalue weighted by molar-refractivity contribution is 0.0292. The number of amides is 1. The van der Waals surface area contributed by atoms with E-state index in [0.717, 1.165) is 24.6 Å². The van der Waals surface area contributed by atoms with Crippen molar-refractivity contribution in [1.82, 2.24) is 4.90 Å². The first-order valence-corrected chi connectivity index (χ1v) is 10.0. The maximum atomic E-state index is 13.3. The molecule has 3 aromatic rings. The zero-order valence-corrected chi connectivity index (χ0v) is 15.7. The molecule has 1 aliphatic rings. The van der Waals surface area contributed by atoms with E-state index in [-0.39, 0.29) is 17.5 Å². The van der Waals surface area contributed by atoms with Crippen LogP contribution in [0.15, 0.2) is 57.1 Å². The molecule has 0 saturated carbocycles. The van der Waals surface area contributed by atoms with Crippen molar-refractivity contribution in [3.8, 4) is 0 Å². The average Bonchev–Trinajstić information content (AvgIpc) is 3.22. The molecule has 1 saturated heterocycles. The van der Waals surface area contributed by atoms with Crippen LogP contribution in [-0.4, -0.2) is 36.6 Å². The van der Waals surface area contributed by atoms with Gasteiger partial charge < -0.3 is 14.1 Å². The zero-order valence-electron chi connectivity index (χ0n) is 14.9. The highest BCUT2D eigenvalue weighted by Gasteiger charge is 2.28. The molecular formula is C21H21NO4S. The molecule has 2 aromatic heterocycles. The van der Waals surface area contributed by atoms with Crippen molar-refractivity contribution in [3.63, 3.8) is 0 Å². The normalized spacial score (nSPS) is 15.1. The summed E-state index contributed by atoms with van der Waals surface area (Å²) >= 11 is 1.68. The Balaban J connectivity index is 1.64. The van der Waals surface area contributed by atoms with Gasteiger partial charge >= 0.3 is 5.63 Å². The molecule has 5 nitrogen and oxygen atoms in total. The first-order chi connectivity index (χ1) is 13.2. The largest absolute Gasteiger partial charge is 0.422 e. The van der Waals surface area contributed by atoms with Gasteiger partial charge in [0.05, 0.1) is 0 Å². The Labute approximate surface area is 161 Å². The maximum absolute atomic E-state index is 13.3. The Hall–Kier alpha value is -2.44. The monoisotopic (exact) mass is 383 g/mol. The summed E-state index contributed by atoms with van der Waals surface area (Å²) in [5.74, 6) is -0.252. The van der Waals surface area contributed by atoms with Crippen LogP contribution in [0.4, 0.5) is 0 Å². The van der Waals surface area contributed by atoms with Crippen molar-refractivity contribution in [2.45, 2.75) is 25.3 Å². The fourth-order valence-corrected chi connectivity index (χ4v) is 4.20. The zero-order chi connectivity index (χ0) is 18.6. The van der Waals surface area contributed by atoms with Gasteiger partial charge in [-0.05, 0) is 42.8 Å². The standard InChI is InChI=1S/C21H21NO4S/c23-20(18-14-15-4-1-2-6-19(15)26-21(18)24)22(16-8-11-25-12-9-16)10-7-17-5-3-13-27-17/h1-6,13-14,16H,7-12H2. The fraction of sp³-hybridized carbons (Fsp3) is 0.333. The SMILES string of the molecule is O=C(c1cc2ccccc2oc1=O)N(CCc1cccs1)C1CCOCC1. The van der Waals surface area contributed by atoms with Crippen LogP contribution in [0, 0.1) is 0 Å². The third-order valence-electron chi connectivity index (χ3n) is 4.94. The summed E-state index contributed by atoms with van der Waals surface area (Å²) in [7, 11) is 0. The van der Waals surface area contributed by atoms with Gasteiger partial charge in [-0.3, -0.25) is 4.79 Å². The lowest BCUT2D eigenvalue weighted by atomic mass is 10.0. The van der Waals surface area contributed by atoms with Gasteiger partial charge in [0.2, 0.25) is 0 Å². The van der Waals surface area contributed by atoms with E-state index in [4.69, 9.17) is 9.15 Å². The number of para-hydroxylation sites is 1. The van der Waals surface area contributed by atoms with Crippen molar-refractivity contribution in [1.29, 1.82) is 0 Å². The molecule has 0 unspecified atom stereocenters. The molecule has 1 aromatic carbocycles. The van der Waals surface area contributed by atoms with E-state index in [1.807, 2.05) is 34.5 Å². The number of hydrogen-bond acceptors (Lipinski definition) is 5. The first-order valence-electron chi connectivity index (χ1n) is 9.16. The van der Waals surface area contributed by atoms with E-state index in [0.29, 0.717) is 25.3 Å². The van der Waals surface area contributed by atoms with E-state index in [1.165, 1.54) is 4.88 Å². The highest BCUT2D eigenvalue weighted by Crippen LogP contribution is 2.20. The number of rotatable bonds is 5. The second kappa shape index (κ2) is 8.06. The van der Waals surface area contributed by atoms with E-state index < -0.39 is 5.63 Å². The van der Waals surface area contributed by atoms with Gasteiger partial charge in [0.1, 0.15) is 11.1 Å². The smallest absolute Gasteiger partial charge is 0.349 e. The van der Waals surface area contributed by atoms with Crippen molar-refractivity contribution in [3.05, 3.63) is 68.7 Å². The number of hydrogen-bond donors (Lipinski definition) is 0. The lowest BCUT2D eigenvalue weighted by Gasteiger charge is -2.34. The highest BCUT2D eigenvalue weighted by molar-refractivity contribution is 7.09. The van der Waals surface area contributed by atoms with Crippen LogP contribution < -0.4 is 5.63 Å². The van der Waals surface area contributed by atoms with Crippen LogP contribution >= 0.6 is 11.3 Å². The number of thiophene rings is 1. The first kappa shape index (κ1) is 17.9. The molecule has 0 spiro atoms. The summed E-state index contributed by atoms with van der Waals surface area (Å²) in [6.45, 7) is 1.86. The van der Waals surface area contributed by atoms with Crippen LogP contribution in [0.3, 0.4) is 0 Å². The van der Waals surface area contributed by atoms with Crippen molar-refractivity contribution < 1.29 is 13.9 Å². The molecule has 0 atom stereocenters. The van der Waals surface area contributed by atoms with Gasteiger partial charge in [0.15, 0.2) is 0 Å². The summed E-state index contributed by atoms with van der Waals surface area (Å²) in [4.78, 5) is 28.8. The Bertz CT molecular complexity index is 973. The van der Waals surface area contributed by atoms with E-state index >= 15 is 0 Å². The molecule has 0 radical (unpaired) electrons. The Morgan fingerprint density at radius 1 is 1.15 bits per heavy atom. The number of carbonyl (C=O) groups is 1. The quantitative estimate of drug-likeness (QED) is 0.630. The van der Waals surface area contributed by atoms with Crippen molar-refractivity contribution >= 4 is 28.2 Å². The number of carbonyl (C=O) groups excluding carboxylic acids is 1. The summed E-state index contributed by atoms with van der Waals surface area (Å²) < 4.78 is 10.8. The summed E-state index contributed by atoms with van der Waals surface area (Å²) in [6.07, 6.45) is 2.35. The molecule has 0 N–H and O–H groups in total. The number of ether oxygens (including phenoxy) is 1. The topological polar surface area (TPSA) is 59.8 Å². The molecule has 3 heterocycles. The van der Waals surface area contributed by atoms with Crippen LogP contribution in [0.2, 0.25) is 0 Å². The molecule has 0 bridgehead atoms. The van der Waals surface area contributed by atoms with Gasteiger partial charge in [0.25, 0.3) is 5.91 Å². The second-order valence-electron chi connectivity index (χ2n) is 6.66. The molecule has 1 amide bonds. The van der Waals surface area contributed by atoms with Crippen LogP contribution in [0.25, 0.3) is 11.0 Å².